The van der Waals surface area contributed by atoms with E-state index in [-0.39, 0.29) is 17.3 Å². The summed E-state index contributed by atoms with van der Waals surface area (Å²) in [6.45, 7) is 2.71. The van der Waals surface area contributed by atoms with Gasteiger partial charge < -0.3 is 10.6 Å². The minimum Gasteiger partial charge on any atom is -0.376 e. The Hall–Kier alpha value is -2.34. The first-order valence-electron chi connectivity index (χ1n) is 7.71. The maximum absolute atomic E-state index is 11.9. The molecular weight excluding hydrogens is 324 g/mol. The van der Waals surface area contributed by atoms with Crippen LogP contribution in [-0.4, -0.2) is 33.7 Å². The summed E-state index contributed by atoms with van der Waals surface area (Å²) in [6.07, 6.45) is 1.94. The number of benzene rings is 2. The van der Waals surface area contributed by atoms with Crippen LogP contribution in [0.5, 0.6) is 0 Å². The average molecular weight is 346 g/mol. The summed E-state index contributed by atoms with van der Waals surface area (Å²) in [5.74, 6) is -0.131. The summed E-state index contributed by atoms with van der Waals surface area (Å²) in [5.41, 5.74) is 3.03. The quantitative estimate of drug-likeness (QED) is 0.806. The molecule has 5 nitrogen and oxygen atoms in total. The van der Waals surface area contributed by atoms with Gasteiger partial charge >= 0.3 is 0 Å². The summed E-state index contributed by atoms with van der Waals surface area (Å²) in [6, 6.07) is 14.5. The van der Waals surface area contributed by atoms with E-state index in [1.807, 2.05) is 25.1 Å². The van der Waals surface area contributed by atoms with Gasteiger partial charge in [0, 0.05) is 18.5 Å². The van der Waals surface area contributed by atoms with Gasteiger partial charge in [-0.15, -0.1) is 0 Å². The fourth-order valence-electron chi connectivity index (χ4n) is 2.31. The summed E-state index contributed by atoms with van der Waals surface area (Å²) in [5, 5.41) is 5.79. The van der Waals surface area contributed by atoms with Gasteiger partial charge in [0.2, 0.25) is 5.91 Å². The second kappa shape index (κ2) is 7.97. The van der Waals surface area contributed by atoms with Crippen LogP contribution in [0, 0.1) is 6.92 Å². The highest BCUT2D eigenvalue weighted by molar-refractivity contribution is 7.90. The highest BCUT2D eigenvalue weighted by atomic mass is 32.2. The van der Waals surface area contributed by atoms with Crippen LogP contribution in [0.25, 0.3) is 0 Å². The number of amides is 1. The predicted octanol–water partition coefficient (Wildman–Crippen LogP) is 2.17. The molecule has 2 aromatic carbocycles. The number of hydrogen-bond acceptors (Lipinski definition) is 4. The Balaban J connectivity index is 1.80. The third-order valence-corrected chi connectivity index (χ3v) is 4.80. The van der Waals surface area contributed by atoms with Crippen molar-refractivity contribution in [3.63, 3.8) is 0 Å². The zero-order chi connectivity index (χ0) is 17.6. The molecule has 0 unspecified atom stereocenters. The number of rotatable bonds is 7. The van der Waals surface area contributed by atoms with Crippen molar-refractivity contribution in [3.05, 3.63) is 59.7 Å². The van der Waals surface area contributed by atoms with Gasteiger partial charge in [0.15, 0.2) is 9.84 Å². The maximum atomic E-state index is 11.9. The second-order valence-corrected chi connectivity index (χ2v) is 7.70. The van der Waals surface area contributed by atoms with Crippen molar-refractivity contribution < 1.29 is 13.2 Å². The van der Waals surface area contributed by atoms with Gasteiger partial charge in [0.05, 0.1) is 11.4 Å². The van der Waals surface area contributed by atoms with Crippen molar-refractivity contribution in [2.24, 2.45) is 0 Å². The first kappa shape index (κ1) is 18.0. The lowest BCUT2D eigenvalue weighted by molar-refractivity contribution is -0.119. The minimum absolute atomic E-state index is 0.0982. The molecule has 2 aromatic rings. The summed E-state index contributed by atoms with van der Waals surface area (Å²) in [7, 11) is -3.25. The molecule has 0 saturated carbocycles. The molecule has 24 heavy (non-hydrogen) atoms. The Labute approximate surface area is 143 Å². The van der Waals surface area contributed by atoms with Crippen molar-refractivity contribution in [1.82, 2.24) is 5.32 Å². The topological polar surface area (TPSA) is 75.3 Å². The van der Waals surface area contributed by atoms with Gasteiger partial charge in [-0.2, -0.15) is 0 Å². The Morgan fingerprint density at radius 3 is 2.54 bits per heavy atom. The molecular formula is C18H22N2O3S. The first-order valence-corrected chi connectivity index (χ1v) is 9.60. The number of carbonyl (C=O) groups excluding carboxylic acids is 1. The van der Waals surface area contributed by atoms with Crippen LogP contribution in [0.1, 0.15) is 11.1 Å². The van der Waals surface area contributed by atoms with Gasteiger partial charge in [0.1, 0.15) is 0 Å². The molecule has 0 aliphatic rings. The van der Waals surface area contributed by atoms with E-state index in [0.717, 1.165) is 12.7 Å². The zero-order valence-electron chi connectivity index (χ0n) is 13.9. The van der Waals surface area contributed by atoms with Gasteiger partial charge in [0.25, 0.3) is 0 Å². The van der Waals surface area contributed by atoms with E-state index in [4.69, 9.17) is 0 Å². The molecule has 0 saturated heterocycles. The number of nitrogens with one attached hydrogen (secondary N) is 2. The van der Waals surface area contributed by atoms with Gasteiger partial charge in [-0.1, -0.05) is 30.3 Å². The molecule has 0 aromatic heterocycles. The fraction of sp³-hybridized carbons (Fsp3) is 0.278. The fourth-order valence-corrected chi connectivity index (χ4v) is 2.98. The molecule has 0 radical (unpaired) electrons. The number of carbonyl (C=O) groups is 1. The van der Waals surface area contributed by atoms with Crippen molar-refractivity contribution in [1.29, 1.82) is 0 Å². The Morgan fingerprint density at radius 2 is 1.83 bits per heavy atom. The lowest BCUT2D eigenvalue weighted by Gasteiger charge is -2.10. The average Bonchev–Trinajstić information content (AvgIpc) is 2.54. The molecule has 0 spiro atoms. The molecule has 2 rings (SSSR count). The van der Waals surface area contributed by atoms with E-state index in [1.165, 1.54) is 23.3 Å². The van der Waals surface area contributed by atoms with Gasteiger partial charge in [-0.3, -0.25) is 4.79 Å². The third-order valence-electron chi connectivity index (χ3n) is 3.69. The molecule has 0 heterocycles. The van der Waals surface area contributed by atoms with Crippen LogP contribution in [0.15, 0.2) is 53.4 Å². The molecule has 0 fully saturated rings. The van der Waals surface area contributed by atoms with E-state index in [0.29, 0.717) is 12.2 Å². The van der Waals surface area contributed by atoms with E-state index in [9.17, 15) is 13.2 Å². The Morgan fingerprint density at radius 1 is 1.08 bits per heavy atom. The van der Waals surface area contributed by atoms with Crippen LogP contribution >= 0.6 is 0 Å². The SMILES string of the molecule is Cc1ccccc1CCNC(=O)CNc1cccc(S(C)(=O)=O)c1. The number of aryl methyl sites for hydroxylation is 1. The van der Waals surface area contributed by atoms with E-state index < -0.39 is 9.84 Å². The van der Waals surface area contributed by atoms with Gasteiger partial charge in [-0.05, 0) is 42.7 Å². The van der Waals surface area contributed by atoms with Crippen molar-refractivity contribution >= 4 is 21.4 Å². The second-order valence-electron chi connectivity index (χ2n) is 5.68. The zero-order valence-corrected chi connectivity index (χ0v) is 14.7. The third kappa shape index (κ3) is 5.38. The highest BCUT2D eigenvalue weighted by Crippen LogP contribution is 2.14. The predicted molar refractivity (Wildman–Crippen MR) is 95.9 cm³/mol. The number of hydrogen-bond donors (Lipinski definition) is 2. The lowest BCUT2D eigenvalue weighted by atomic mass is 10.1. The first-order chi connectivity index (χ1) is 11.4. The minimum atomic E-state index is -3.25. The van der Waals surface area contributed by atoms with Crippen molar-refractivity contribution in [3.8, 4) is 0 Å². The Bertz CT molecular complexity index is 817. The number of anilines is 1. The standard InChI is InChI=1S/C18H22N2O3S/c1-14-6-3-4-7-15(14)10-11-19-18(21)13-20-16-8-5-9-17(12-16)24(2,22)23/h3-9,12,20H,10-11,13H2,1-2H3,(H,19,21). The van der Waals surface area contributed by atoms with E-state index >= 15 is 0 Å². The van der Waals surface area contributed by atoms with Crippen molar-refractivity contribution in [2.45, 2.75) is 18.2 Å². The van der Waals surface area contributed by atoms with Crippen LogP contribution in [0.2, 0.25) is 0 Å². The van der Waals surface area contributed by atoms with Crippen LogP contribution in [0.4, 0.5) is 5.69 Å². The van der Waals surface area contributed by atoms with Crippen LogP contribution < -0.4 is 10.6 Å². The largest absolute Gasteiger partial charge is 0.376 e. The van der Waals surface area contributed by atoms with Crippen LogP contribution in [-0.2, 0) is 21.1 Å². The van der Waals surface area contributed by atoms with Crippen LogP contribution in [0.3, 0.4) is 0 Å². The molecule has 0 aliphatic carbocycles. The van der Waals surface area contributed by atoms with E-state index in [1.54, 1.807) is 12.1 Å². The Kier molecular flexibility index (Phi) is 5.98. The smallest absolute Gasteiger partial charge is 0.239 e. The summed E-state index contributed by atoms with van der Waals surface area (Å²) < 4.78 is 23.0. The monoisotopic (exact) mass is 346 g/mol. The highest BCUT2D eigenvalue weighted by Gasteiger charge is 2.08. The van der Waals surface area contributed by atoms with Crippen molar-refractivity contribution in [2.75, 3.05) is 24.7 Å². The van der Waals surface area contributed by atoms with E-state index in [2.05, 4.69) is 16.7 Å². The molecule has 0 bridgehead atoms. The summed E-state index contributed by atoms with van der Waals surface area (Å²) in [4.78, 5) is 12.1. The molecule has 2 N–H and O–H groups in total. The molecule has 0 aliphatic heterocycles. The molecule has 6 heteroatoms. The van der Waals surface area contributed by atoms with Gasteiger partial charge in [-0.25, -0.2) is 8.42 Å². The maximum Gasteiger partial charge on any atom is 0.239 e. The molecule has 128 valence electrons. The number of sulfone groups is 1. The summed E-state index contributed by atoms with van der Waals surface area (Å²) >= 11 is 0. The molecule has 0 atom stereocenters. The lowest BCUT2D eigenvalue weighted by Crippen LogP contribution is -2.31. The molecule has 1 amide bonds. The normalized spacial score (nSPS) is 11.1.